The van der Waals surface area contributed by atoms with Crippen LogP contribution in [0, 0.1) is 20.8 Å². The van der Waals surface area contributed by atoms with Crippen LogP contribution in [0.2, 0.25) is 0 Å². The summed E-state index contributed by atoms with van der Waals surface area (Å²) in [6.45, 7) is 5.93. The predicted molar refractivity (Wildman–Crippen MR) is 93.2 cm³/mol. The maximum atomic E-state index is 12.6. The molecule has 0 unspecified atom stereocenters. The van der Waals surface area contributed by atoms with Crippen molar-refractivity contribution >= 4 is 16.7 Å². The number of nitrogens with zero attached hydrogens (tertiary/aromatic N) is 1. The number of rotatable bonds is 3. The van der Waals surface area contributed by atoms with E-state index < -0.39 is 0 Å². The predicted octanol–water partition coefficient (Wildman–Crippen LogP) is 3.81. The van der Waals surface area contributed by atoms with Gasteiger partial charge in [-0.2, -0.15) is 0 Å². The molecule has 0 radical (unpaired) electrons. The van der Waals surface area contributed by atoms with E-state index in [2.05, 4.69) is 0 Å². The number of carbonyl (C=O) groups excluding carboxylic acids is 1. The van der Waals surface area contributed by atoms with Crippen molar-refractivity contribution in [3.63, 3.8) is 0 Å². The van der Waals surface area contributed by atoms with E-state index in [-0.39, 0.29) is 17.9 Å². The Morgan fingerprint density at radius 3 is 2.35 bits per heavy atom. The van der Waals surface area contributed by atoms with E-state index in [1.165, 1.54) is 0 Å². The zero-order chi connectivity index (χ0) is 16.6. The summed E-state index contributed by atoms with van der Waals surface area (Å²) in [5.41, 5.74) is 4.38. The first kappa shape index (κ1) is 15.2. The molecule has 3 rings (SSSR count). The minimum atomic E-state index is -0.134. The monoisotopic (exact) mass is 305 g/mol. The highest BCUT2D eigenvalue weighted by molar-refractivity contribution is 5.97. The molecule has 0 bridgehead atoms. The van der Waals surface area contributed by atoms with Gasteiger partial charge < -0.3 is 4.57 Å². The van der Waals surface area contributed by atoms with E-state index in [1.54, 1.807) is 10.6 Å². The molecule has 1 aromatic heterocycles. The van der Waals surface area contributed by atoms with Gasteiger partial charge in [-0.1, -0.05) is 48.0 Å². The van der Waals surface area contributed by atoms with Gasteiger partial charge in [-0.25, -0.2) is 0 Å². The first-order chi connectivity index (χ1) is 11.0. The molecule has 0 fully saturated rings. The van der Waals surface area contributed by atoms with Crippen LogP contribution in [0.15, 0.2) is 53.3 Å². The van der Waals surface area contributed by atoms with Crippen LogP contribution in [0.5, 0.6) is 0 Å². The molecule has 0 N–H and O–H groups in total. The van der Waals surface area contributed by atoms with Gasteiger partial charge >= 0.3 is 0 Å². The van der Waals surface area contributed by atoms with Crippen LogP contribution in [0.3, 0.4) is 0 Å². The van der Waals surface area contributed by atoms with Gasteiger partial charge in [0.15, 0.2) is 5.78 Å². The summed E-state index contributed by atoms with van der Waals surface area (Å²) in [7, 11) is 0. The van der Waals surface area contributed by atoms with E-state index >= 15 is 0 Å². The standard InChI is InChI=1S/C20H19NO2/c1-13-7-9-16(10-8-13)18(22)12-21-19(23)11-15(3)17-6-4-5-14(2)20(17)21/h4-11H,12H2,1-3H3. The van der Waals surface area contributed by atoms with Crippen molar-refractivity contribution in [1.82, 2.24) is 4.57 Å². The van der Waals surface area contributed by atoms with Gasteiger partial charge in [0.1, 0.15) is 0 Å². The van der Waals surface area contributed by atoms with Gasteiger partial charge in [0.25, 0.3) is 5.56 Å². The lowest BCUT2D eigenvalue weighted by molar-refractivity contribution is 0.0972. The fourth-order valence-electron chi connectivity index (χ4n) is 2.92. The summed E-state index contributed by atoms with van der Waals surface area (Å²) >= 11 is 0. The summed E-state index contributed by atoms with van der Waals surface area (Å²) in [6.07, 6.45) is 0. The number of hydrogen-bond donors (Lipinski definition) is 0. The quantitative estimate of drug-likeness (QED) is 0.690. The van der Waals surface area contributed by atoms with Crippen molar-refractivity contribution in [2.24, 2.45) is 0 Å². The molecule has 3 heteroatoms. The number of para-hydroxylation sites is 1. The van der Waals surface area contributed by atoms with Crippen molar-refractivity contribution in [3.8, 4) is 0 Å². The lowest BCUT2D eigenvalue weighted by Gasteiger charge is -2.13. The Bertz CT molecular complexity index is 950. The van der Waals surface area contributed by atoms with Gasteiger partial charge in [0.2, 0.25) is 0 Å². The van der Waals surface area contributed by atoms with Crippen molar-refractivity contribution in [2.75, 3.05) is 0 Å². The van der Waals surface area contributed by atoms with Crippen molar-refractivity contribution < 1.29 is 4.79 Å². The Morgan fingerprint density at radius 1 is 0.957 bits per heavy atom. The highest BCUT2D eigenvalue weighted by Crippen LogP contribution is 2.20. The number of aromatic nitrogens is 1. The number of fused-ring (bicyclic) bond motifs is 1. The summed E-state index contributed by atoms with van der Waals surface area (Å²) in [4.78, 5) is 25.0. The highest BCUT2D eigenvalue weighted by Gasteiger charge is 2.13. The molecule has 23 heavy (non-hydrogen) atoms. The Balaban J connectivity index is 2.11. The van der Waals surface area contributed by atoms with E-state index in [0.29, 0.717) is 5.56 Å². The first-order valence-corrected chi connectivity index (χ1v) is 7.67. The molecule has 0 aliphatic heterocycles. The third kappa shape index (κ3) is 2.82. The van der Waals surface area contributed by atoms with Crippen LogP contribution < -0.4 is 5.56 Å². The van der Waals surface area contributed by atoms with Crippen LogP contribution in [-0.4, -0.2) is 10.4 Å². The first-order valence-electron chi connectivity index (χ1n) is 7.67. The number of Topliss-reactive ketones (excluding diaryl/α,β-unsaturated/α-hetero) is 1. The molecule has 0 aliphatic carbocycles. The Morgan fingerprint density at radius 2 is 1.65 bits per heavy atom. The van der Waals surface area contributed by atoms with Crippen LogP contribution in [0.4, 0.5) is 0 Å². The van der Waals surface area contributed by atoms with Crippen LogP contribution >= 0.6 is 0 Å². The second kappa shape index (κ2) is 5.84. The average molecular weight is 305 g/mol. The molecule has 0 saturated carbocycles. The number of ketones is 1. The summed E-state index contributed by atoms with van der Waals surface area (Å²) in [5, 5.41) is 1.02. The van der Waals surface area contributed by atoms with Crippen LogP contribution in [-0.2, 0) is 6.54 Å². The fourth-order valence-corrected chi connectivity index (χ4v) is 2.92. The molecule has 0 amide bonds. The number of hydrogen-bond acceptors (Lipinski definition) is 2. The smallest absolute Gasteiger partial charge is 0.251 e. The zero-order valence-electron chi connectivity index (χ0n) is 13.6. The third-order valence-corrected chi connectivity index (χ3v) is 4.21. The van der Waals surface area contributed by atoms with E-state index in [9.17, 15) is 9.59 Å². The van der Waals surface area contributed by atoms with E-state index in [0.717, 1.165) is 27.6 Å². The zero-order valence-corrected chi connectivity index (χ0v) is 13.6. The largest absolute Gasteiger partial charge is 0.300 e. The normalized spacial score (nSPS) is 10.9. The summed E-state index contributed by atoms with van der Waals surface area (Å²) < 4.78 is 1.58. The lowest BCUT2D eigenvalue weighted by atomic mass is 10.0. The third-order valence-electron chi connectivity index (χ3n) is 4.21. The SMILES string of the molecule is Cc1ccc(C(=O)Cn2c(=O)cc(C)c3cccc(C)c32)cc1. The number of carbonyl (C=O) groups is 1. The van der Waals surface area contributed by atoms with Gasteiger partial charge in [-0.3, -0.25) is 9.59 Å². The number of pyridine rings is 1. The fraction of sp³-hybridized carbons (Fsp3) is 0.200. The Labute approximate surface area is 135 Å². The number of aryl methyl sites for hydroxylation is 3. The highest BCUT2D eigenvalue weighted by atomic mass is 16.1. The minimum absolute atomic E-state index is 0.0551. The van der Waals surface area contributed by atoms with Crippen molar-refractivity contribution in [1.29, 1.82) is 0 Å². The molecule has 1 heterocycles. The molecule has 0 aliphatic rings. The molecule has 116 valence electrons. The van der Waals surface area contributed by atoms with Gasteiger partial charge in [-0.15, -0.1) is 0 Å². The molecular formula is C20H19NO2. The van der Waals surface area contributed by atoms with Crippen LogP contribution in [0.25, 0.3) is 10.9 Å². The number of benzene rings is 2. The molecular weight excluding hydrogens is 286 g/mol. The molecule has 3 nitrogen and oxygen atoms in total. The van der Waals surface area contributed by atoms with Gasteiger partial charge in [0.05, 0.1) is 12.1 Å². The van der Waals surface area contributed by atoms with E-state index in [4.69, 9.17) is 0 Å². The molecule has 0 atom stereocenters. The van der Waals surface area contributed by atoms with Crippen molar-refractivity contribution in [2.45, 2.75) is 27.3 Å². The Hall–Kier alpha value is -2.68. The molecule has 3 aromatic rings. The van der Waals surface area contributed by atoms with Crippen LogP contribution in [0.1, 0.15) is 27.0 Å². The maximum absolute atomic E-state index is 12.6. The van der Waals surface area contributed by atoms with E-state index in [1.807, 2.05) is 63.2 Å². The van der Waals surface area contributed by atoms with Gasteiger partial charge in [0, 0.05) is 17.0 Å². The minimum Gasteiger partial charge on any atom is -0.300 e. The lowest BCUT2D eigenvalue weighted by Crippen LogP contribution is -2.25. The molecule has 0 saturated heterocycles. The second-order valence-electron chi connectivity index (χ2n) is 6.01. The summed E-state index contributed by atoms with van der Waals surface area (Å²) in [5.74, 6) is -0.0551. The van der Waals surface area contributed by atoms with Crippen molar-refractivity contribution in [3.05, 3.63) is 81.1 Å². The topological polar surface area (TPSA) is 39.1 Å². The molecule has 0 spiro atoms. The molecule has 2 aromatic carbocycles. The Kier molecular flexibility index (Phi) is 3.87. The van der Waals surface area contributed by atoms with Gasteiger partial charge in [-0.05, 0) is 31.9 Å². The second-order valence-corrected chi connectivity index (χ2v) is 6.01. The summed E-state index contributed by atoms with van der Waals surface area (Å²) in [6, 6.07) is 15.0. The average Bonchev–Trinajstić information content (AvgIpc) is 2.52. The maximum Gasteiger partial charge on any atom is 0.251 e.